The van der Waals surface area contributed by atoms with Gasteiger partial charge in [0.05, 0.1) is 33.8 Å². The van der Waals surface area contributed by atoms with E-state index in [0.29, 0.717) is 6.54 Å². The van der Waals surface area contributed by atoms with Gasteiger partial charge in [0.1, 0.15) is 0 Å². The zero-order chi connectivity index (χ0) is 20.6. The maximum Gasteiger partial charge on any atom is 0.0782 e. The number of nitrogens with two attached hydrogens (primary N) is 1. The second-order valence-electron chi connectivity index (χ2n) is 8.84. The van der Waals surface area contributed by atoms with Crippen molar-refractivity contribution in [3.05, 3.63) is 0 Å². The lowest BCUT2D eigenvalue weighted by Gasteiger charge is -2.30. The lowest BCUT2D eigenvalue weighted by molar-refractivity contribution is -0.890. The molecule has 0 aromatic carbocycles. The number of hydrogen-bond acceptors (Lipinski definition) is 2. The average Bonchev–Trinajstić information content (AvgIpc) is 2.66. The molecular weight excluding hydrogens is 368 g/mol. The smallest absolute Gasteiger partial charge is 0.0782 e. The molecule has 0 radical (unpaired) electrons. The Morgan fingerprint density at radius 2 is 0.821 bits per heavy atom. The predicted molar refractivity (Wildman–Crippen MR) is 130 cm³/mol. The van der Waals surface area contributed by atoms with Gasteiger partial charge in [-0.3, -0.25) is 0 Å². The summed E-state index contributed by atoms with van der Waals surface area (Å²) in [4.78, 5) is 0. The molecule has 0 rings (SSSR count). The number of nitrogens with zero attached hydrogens (tertiary/aromatic N) is 1. The highest BCUT2D eigenvalue weighted by atomic mass is 35.5. The molecule has 0 aromatic heterocycles. The Morgan fingerprint density at radius 1 is 0.571 bits per heavy atom. The first-order valence-electron chi connectivity index (χ1n) is 12.2. The second-order valence-corrected chi connectivity index (χ2v) is 8.84. The van der Waals surface area contributed by atoms with E-state index < -0.39 is 0 Å². The highest BCUT2D eigenvalue weighted by molar-refractivity contribution is 5.85. The number of rotatable bonds is 19. The molecule has 0 saturated heterocycles. The molecule has 3 nitrogen and oxygen atoms in total. The van der Waals surface area contributed by atoms with Gasteiger partial charge in [-0.05, 0) is 25.7 Å². The van der Waals surface area contributed by atoms with Gasteiger partial charge in [0, 0.05) is 6.54 Å². The maximum absolute atomic E-state index is 7.75. The van der Waals surface area contributed by atoms with Gasteiger partial charge in [0.15, 0.2) is 0 Å². The standard InChI is InChI=1S/C22H48N.C2H7NO.ClH/c1-5-7-9-11-13-15-17-19-21-23(3,4)22-20-18-16-14-12-10-8-6-2;3-1-2-4;/h5-22H2,1-4H3;4H,1-3H2;1H/q+1;;. The minimum atomic E-state index is 0. The molecule has 0 unspecified atom stereocenters. The largest absolute Gasteiger partial charge is 0.395 e. The molecule has 0 bridgehead atoms. The van der Waals surface area contributed by atoms with Crippen molar-refractivity contribution in [1.82, 2.24) is 0 Å². The van der Waals surface area contributed by atoms with Gasteiger partial charge in [-0.2, -0.15) is 0 Å². The van der Waals surface area contributed by atoms with Crippen LogP contribution < -0.4 is 5.73 Å². The summed E-state index contributed by atoms with van der Waals surface area (Å²) in [5.74, 6) is 0. The van der Waals surface area contributed by atoms with E-state index in [0.717, 1.165) is 0 Å². The first-order chi connectivity index (χ1) is 13.0. The quantitative estimate of drug-likeness (QED) is 0.179. The van der Waals surface area contributed by atoms with Crippen LogP contribution in [0.4, 0.5) is 0 Å². The molecule has 28 heavy (non-hydrogen) atoms. The highest BCUT2D eigenvalue weighted by Crippen LogP contribution is 2.13. The summed E-state index contributed by atoms with van der Waals surface area (Å²) >= 11 is 0. The molecular formula is C24H56ClN2O+. The molecule has 0 fully saturated rings. The van der Waals surface area contributed by atoms with Crippen LogP contribution in [0.2, 0.25) is 0 Å². The molecule has 0 aliphatic rings. The Morgan fingerprint density at radius 3 is 1.07 bits per heavy atom. The van der Waals surface area contributed by atoms with Crippen molar-refractivity contribution in [2.75, 3.05) is 40.3 Å². The van der Waals surface area contributed by atoms with Crippen LogP contribution in [0.1, 0.15) is 117 Å². The molecule has 0 aliphatic carbocycles. The number of aliphatic hydroxyl groups excluding tert-OH is 1. The third kappa shape index (κ3) is 30.9. The Bertz CT molecular complexity index is 239. The third-order valence-corrected chi connectivity index (χ3v) is 5.36. The van der Waals surface area contributed by atoms with Gasteiger partial charge in [-0.1, -0.05) is 90.9 Å². The van der Waals surface area contributed by atoms with Crippen molar-refractivity contribution in [1.29, 1.82) is 0 Å². The molecule has 0 aromatic rings. The van der Waals surface area contributed by atoms with Crippen LogP contribution in [0.3, 0.4) is 0 Å². The van der Waals surface area contributed by atoms with Crippen molar-refractivity contribution >= 4 is 12.4 Å². The minimum absolute atomic E-state index is 0. The first kappa shape index (κ1) is 32.8. The molecule has 0 atom stereocenters. The summed E-state index contributed by atoms with van der Waals surface area (Å²) in [6.45, 7) is 7.83. The Hall–Kier alpha value is 0.170. The molecule has 4 heteroatoms. The Balaban J connectivity index is -0.00000113. The van der Waals surface area contributed by atoms with Crippen LogP contribution in [-0.4, -0.2) is 49.9 Å². The van der Waals surface area contributed by atoms with Crippen LogP contribution in [-0.2, 0) is 0 Å². The van der Waals surface area contributed by atoms with Crippen molar-refractivity contribution in [2.24, 2.45) is 5.73 Å². The molecule has 0 heterocycles. The number of unbranched alkanes of at least 4 members (excludes halogenated alkanes) is 14. The summed E-state index contributed by atoms with van der Waals surface area (Å²) in [5, 5.41) is 7.75. The van der Waals surface area contributed by atoms with Gasteiger partial charge < -0.3 is 15.3 Å². The SMILES string of the molecule is CCCCCCCCCC[N+](C)(C)CCCCCCCCCC.Cl.NCCO. The molecule has 174 valence electrons. The fourth-order valence-electron chi connectivity index (χ4n) is 3.46. The van der Waals surface area contributed by atoms with Gasteiger partial charge in [-0.25, -0.2) is 0 Å². The van der Waals surface area contributed by atoms with E-state index in [1.165, 1.54) is 120 Å². The van der Waals surface area contributed by atoms with Crippen LogP contribution in [0.5, 0.6) is 0 Å². The highest BCUT2D eigenvalue weighted by Gasteiger charge is 2.13. The number of quaternary nitrogens is 1. The van der Waals surface area contributed by atoms with Crippen LogP contribution in [0.15, 0.2) is 0 Å². The molecule has 3 N–H and O–H groups in total. The van der Waals surface area contributed by atoms with E-state index in [1.807, 2.05) is 0 Å². The van der Waals surface area contributed by atoms with E-state index in [2.05, 4.69) is 27.9 Å². The van der Waals surface area contributed by atoms with E-state index in [-0.39, 0.29) is 19.0 Å². The lowest BCUT2D eigenvalue weighted by Crippen LogP contribution is -2.41. The first-order valence-corrected chi connectivity index (χ1v) is 12.2. The van der Waals surface area contributed by atoms with Crippen molar-refractivity contribution in [3.8, 4) is 0 Å². The molecule has 0 spiro atoms. The number of halogens is 1. The zero-order valence-corrected chi connectivity index (χ0v) is 20.8. The second kappa shape index (κ2) is 27.2. The van der Waals surface area contributed by atoms with E-state index in [4.69, 9.17) is 10.8 Å². The summed E-state index contributed by atoms with van der Waals surface area (Å²) in [5.41, 5.74) is 4.78. The lowest BCUT2D eigenvalue weighted by atomic mass is 10.1. The van der Waals surface area contributed by atoms with Crippen LogP contribution in [0.25, 0.3) is 0 Å². The molecule has 0 saturated carbocycles. The van der Waals surface area contributed by atoms with Crippen molar-refractivity contribution in [3.63, 3.8) is 0 Å². The Labute approximate surface area is 184 Å². The average molecular weight is 424 g/mol. The predicted octanol–water partition coefficient (Wildman–Crippen LogP) is 6.70. The van der Waals surface area contributed by atoms with Gasteiger partial charge in [-0.15, -0.1) is 12.4 Å². The number of hydrogen-bond donors (Lipinski definition) is 2. The summed E-state index contributed by atoms with van der Waals surface area (Å²) < 4.78 is 1.24. The fraction of sp³-hybridized carbons (Fsp3) is 1.00. The Kier molecular flexibility index (Phi) is 31.9. The minimum Gasteiger partial charge on any atom is -0.395 e. The van der Waals surface area contributed by atoms with E-state index in [1.54, 1.807) is 0 Å². The van der Waals surface area contributed by atoms with Gasteiger partial charge in [0.25, 0.3) is 0 Å². The summed E-state index contributed by atoms with van der Waals surface area (Å²) in [6.07, 6.45) is 23.0. The van der Waals surface area contributed by atoms with E-state index in [9.17, 15) is 0 Å². The summed E-state index contributed by atoms with van der Waals surface area (Å²) in [6, 6.07) is 0. The molecule has 0 aliphatic heterocycles. The maximum atomic E-state index is 7.75. The summed E-state index contributed by atoms with van der Waals surface area (Å²) in [7, 11) is 4.87. The van der Waals surface area contributed by atoms with Crippen molar-refractivity contribution in [2.45, 2.75) is 117 Å². The van der Waals surface area contributed by atoms with Crippen molar-refractivity contribution < 1.29 is 9.59 Å². The zero-order valence-electron chi connectivity index (χ0n) is 20.0. The van der Waals surface area contributed by atoms with Crippen LogP contribution >= 0.6 is 12.4 Å². The van der Waals surface area contributed by atoms with Gasteiger partial charge >= 0.3 is 0 Å². The topological polar surface area (TPSA) is 46.2 Å². The normalized spacial score (nSPS) is 10.9. The van der Waals surface area contributed by atoms with Crippen LogP contribution in [0, 0.1) is 0 Å². The number of aliphatic hydroxyl groups is 1. The molecule has 0 amide bonds. The fourth-order valence-corrected chi connectivity index (χ4v) is 3.46. The van der Waals surface area contributed by atoms with Gasteiger partial charge in [0.2, 0.25) is 0 Å². The monoisotopic (exact) mass is 423 g/mol. The third-order valence-electron chi connectivity index (χ3n) is 5.36. The van der Waals surface area contributed by atoms with E-state index >= 15 is 0 Å².